The molecule has 3 aromatic rings. The number of hydrogen-bond donors (Lipinski definition) is 0. The number of fused-ring (bicyclic) bond motifs is 1. The average molecular weight is 509 g/mol. The summed E-state index contributed by atoms with van der Waals surface area (Å²) in [4.78, 5) is 31.5. The molecule has 2 aromatic carbocycles. The van der Waals surface area contributed by atoms with E-state index in [4.69, 9.17) is 14.2 Å². The van der Waals surface area contributed by atoms with E-state index in [-0.39, 0.29) is 30.8 Å². The number of rotatable bonds is 11. The van der Waals surface area contributed by atoms with Crippen LogP contribution in [-0.4, -0.2) is 68.7 Å². The molecule has 1 aromatic heterocycles. The number of carbonyl (C=O) groups is 2. The number of para-hydroxylation sites is 2. The Bertz CT molecular complexity index is 1150. The molecule has 1 aliphatic rings. The number of carbonyl (C=O) groups excluding carboxylic acids is 2. The van der Waals surface area contributed by atoms with Gasteiger partial charge in [-0.25, -0.2) is 0 Å². The first kappa shape index (κ1) is 25.7. The van der Waals surface area contributed by atoms with Crippen LogP contribution >= 0.6 is 11.3 Å². The first-order valence-corrected chi connectivity index (χ1v) is 12.9. The third-order valence-corrected chi connectivity index (χ3v) is 7.32. The van der Waals surface area contributed by atoms with Gasteiger partial charge in [0.1, 0.15) is 6.61 Å². The van der Waals surface area contributed by atoms with Crippen LogP contribution < -0.4 is 9.47 Å². The summed E-state index contributed by atoms with van der Waals surface area (Å²) in [6.45, 7) is 1.60. The molecule has 0 spiro atoms. The number of methoxy groups -OCH3 is 2. The van der Waals surface area contributed by atoms with Crippen molar-refractivity contribution in [1.82, 2.24) is 9.80 Å². The van der Waals surface area contributed by atoms with Gasteiger partial charge in [-0.15, -0.1) is 11.3 Å². The van der Waals surface area contributed by atoms with Gasteiger partial charge >= 0.3 is 0 Å². The Kier molecular flexibility index (Phi) is 8.97. The van der Waals surface area contributed by atoms with Crippen LogP contribution in [0.3, 0.4) is 0 Å². The minimum absolute atomic E-state index is 0.000342. The van der Waals surface area contributed by atoms with Gasteiger partial charge < -0.3 is 24.0 Å². The van der Waals surface area contributed by atoms with Crippen LogP contribution in [0, 0.1) is 0 Å². The number of nitrogens with zero attached hydrogens (tertiary/aromatic N) is 2. The Morgan fingerprint density at radius 1 is 1.03 bits per heavy atom. The fraction of sp³-hybridized carbons (Fsp3) is 0.357. The highest BCUT2D eigenvalue weighted by molar-refractivity contribution is 7.10. The molecule has 8 heteroatoms. The number of benzene rings is 2. The highest BCUT2D eigenvalue weighted by Crippen LogP contribution is 2.35. The fourth-order valence-electron chi connectivity index (χ4n) is 4.41. The smallest absolute Gasteiger partial charge is 0.242 e. The van der Waals surface area contributed by atoms with Crippen molar-refractivity contribution in [2.24, 2.45) is 0 Å². The molecule has 0 radical (unpaired) electrons. The maximum atomic E-state index is 13.6. The molecule has 190 valence electrons. The Balaban J connectivity index is 1.49. The van der Waals surface area contributed by atoms with Crippen molar-refractivity contribution in [3.63, 3.8) is 0 Å². The zero-order chi connectivity index (χ0) is 25.3. The second-order valence-electron chi connectivity index (χ2n) is 8.58. The van der Waals surface area contributed by atoms with Crippen molar-refractivity contribution in [1.29, 1.82) is 0 Å². The average Bonchev–Trinajstić information content (AvgIpc) is 3.39. The topological polar surface area (TPSA) is 68.3 Å². The van der Waals surface area contributed by atoms with E-state index in [1.165, 1.54) is 4.88 Å². The summed E-state index contributed by atoms with van der Waals surface area (Å²) in [7, 11) is 3.20. The van der Waals surface area contributed by atoms with E-state index >= 15 is 0 Å². The van der Waals surface area contributed by atoms with Gasteiger partial charge in [-0.1, -0.05) is 42.5 Å². The minimum Gasteiger partial charge on any atom is -0.493 e. The monoisotopic (exact) mass is 508 g/mol. The van der Waals surface area contributed by atoms with Gasteiger partial charge in [-0.05, 0) is 41.1 Å². The Morgan fingerprint density at radius 2 is 1.78 bits per heavy atom. The lowest BCUT2D eigenvalue weighted by atomic mass is 10.0. The van der Waals surface area contributed by atoms with E-state index in [1.807, 2.05) is 59.5 Å². The first-order chi connectivity index (χ1) is 17.6. The van der Waals surface area contributed by atoms with Gasteiger partial charge in [-0.2, -0.15) is 0 Å². The lowest BCUT2D eigenvalue weighted by Gasteiger charge is -2.37. The minimum atomic E-state index is -0.245. The molecule has 0 saturated heterocycles. The fourth-order valence-corrected chi connectivity index (χ4v) is 5.34. The normalized spacial score (nSPS) is 14.7. The summed E-state index contributed by atoms with van der Waals surface area (Å²) >= 11 is 1.70. The maximum Gasteiger partial charge on any atom is 0.242 e. The summed E-state index contributed by atoms with van der Waals surface area (Å²) in [5.74, 6) is 1.09. The van der Waals surface area contributed by atoms with E-state index in [1.54, 1.807) is 30.5 Å². The highest BCUT2D eigenvalue weighted by Gasteiger charge is 2.33. The lowest BCUT2D eigenvalue weighted by Crippen LogP contribution is -2.48. The van der Waals surface area contributed by atoms with Crippen molar-refractivity contribution in [3.05, 3.63) is 82.0 Å². The molecule has 0 aliphatic carbocycles. The van der Waals surface area contributed by atoms with Gasteiger partial charge in [0.2, 0.25) is 11.8 Å². The van der Waals surface area contributed by atoms with Crippen LogP contribution in [0.2, 0.25) is 0 Å². The summed E-state index contributed by atoms with van der Waals surface area (Å²) in [5, 5.41) is 2.06. The molecule has 36 heavy (non-hydrogen) atoms. The molecule has 0 fully saturated rings. The van der Waals surface area contributed by atoms with E-state index in [2.05, 4.69) is 11.4 Å². The molecule has 0 bridgehead atoms. The number of ether oxygens (including phenoxy) is 3. The SMILES string of the molecule is COCCN(CC(=O)N1CCc2sccc2C1COc1ccccc1OC)C(=O)Cc1ccccc1. The number of hydrogen-bond acceptors (Lipinski definition) is 6. The van der Waals surface area contributed by atoms with Crippen LogP contribution in [0.4, 0.5) is 0 Å². The quantitative estimate of drug-likeness (QED) is 0.392. The van der Waals surface area contributed by atoms with Crippen molar-refractivity contribution in [2.75, 3.05) is 47.1 Å². The van der Waals surface area contributed by atoms with Crippen LogP contribution in [0.15, 0.2) is 66.0 Å². The molecular weight excluding hydrogens is 476 g/mol. The molecule has 0 saturated carbocycles. The predicted molar refractivity (Wildman–Crippen MR) is 140 cm³/mol. The van der Waals surface area contributed by atoms with Crippen LogP contribution in [0.5, 0.6) is 11.5 Å². The van der Waals surface area contributed by atoms with Crippen molar-refractivity contribution in [3.8, 4) is 11.5 Å². The van der Waals surface area contributed by atoms with Crippen molar-refractivity contribution >= 4 is 23.2 Å². The predicted octanol–water partition coefficient (Wildman–Crippen LogP) is 3.98. The molecule has 2 heterocycles. The van der Waals surface area contributed by atoms with Gasteiger partial charge in [0.15, 0.2) is 11.5 Å². The van der Waals surface area contributed by atoms with Gasteiger partial charge in [0, 0.05) is 25.1 Å². The summed E-state index contributed by atoms with van der Waals surface area (Å²) in [6.07, 6.45) is 1.03. The Hall–Kier alpha value is -3.36. The standard InChI is InChI=1S/C28H32N2O5S/c1-33-16-15-29(27(31)18-21-8-4-3-5-9-21)19-28(32)30-14-12-26-22(13-17-36-26)23(30)20-35-25-11-7-6-10-24(25)34-2/h3-11,13,17,23H,12,14-16,18-20H2,1-2H3. The Morgan fingerprint density at radius 3 is 2.53 bits per heavy atom. The first-order valence-electron chi connectivity index (χ1n) is 12.0. The lowest BCUT2D eigenvalue weighted by molar-refractivity contribution is -0.142. The Labute approximate surface area is 216 Å². The highest BCUT2D eigenvalue weighted by atomic mass is 32.1. The van der Waals surface area contributed by atoms with E-state index < -0.39 is 0 Å². The number of thiophene rings is 1. The molecule has 1 atom stereocenters. The van der Waals surface area contributed by atoms with Crippen LogP contribution in [-0.2, 0) is 27.2 Å². The molecule has 2 amide bonds. The largest absolute Gasteiger partial charge is 0.493 e. The van der Waals surface area contributed by atoms with E-state index in [0.717, 1.165) is 17.5 Å². The zero-order valence-corrected chi connectivity index (χ0v) is 21.5. The van der Waals surface area contributed by atoms with Crippen molar-refractivity contribution in [2.45, 2.75) is 18.9 Å². The second kappa shape index (κ2) is 12.6. The third kappa shape index (κ3) is 6.25. The van der Waals surface area contributed by atoms with E-state index in [9.17, 15) is 9.59 Å². The van der Waals surface area contributed by atoms with Gasteiger partial charge in [0.05, 0.1) is 32.7 Å². The summed E-state index contributed by atoms with van der Waals surface area (Å²) in [5.41, 5.74) is 2.02. The summed E-state index contributed by atoms with van der Waals surface area (Å²) in [6, 6.07) is 18.9. The molecule has 0 N–H and O–H groups in total. The molecule has 1 aliphatic heterocycles. The van der Waals surface area contributed by atoms with Gasteiger partial charge in [0.25, 0.3) is 0 Å². The second-order valence-corrected chi connectivity index (χ2v) is 9.59. The maximum absolute atomic E-state index is 13.6. The third-order valence-electron chi connectivity index (χ3n) is 6.32. The van der Waals surface area contributed by atoms with Crippen molar-refractivity contribution < 1.29 is 23.8 Å². The van der Waals surface area contributed by atoms with Crippen LogP contribution in [0.1, 0.15) is 22.0 Å². The molecule has 7 nitrogen and oxygen atoms in total. The number of amides is 2. The van der Waals surface area contributed by atoms with Gasteiger partial charge in [-0.3, -0.25) is 9.59 Å². The summed E-state index contributed by atoms with van der Waals surface area (Å²) < 4.78 is 16.8. The zero-order valence-electron chi connectivity index (χ0n) is 20.7. The molecule has 1 unspecified atom stereocenters. The molecule has 4 rings (SSSR count). The molecular formula is C28H32N2O5S. The van der Waals surface area contributed by atoms with Crippen LogP contribution in [0.25, 0.3) is 0 Å². The van der Waals surface area contributed by atoms with E-state index in [0.29, 0.717) is 37.8 Å².